The predicted molar refractivity (Wildman–Crippen MR) is 126 cm³/mol. The number of ether oxygens (including phenoxy) is 1. The summed E-state index contributed by atoms with van der Waals surface area (Å²) < 4.78 is 7.55. The maximum Gasteiger partial charge on any atom is 0.191 e. The molecule has 0 saturated carbocycles. The second-order valence-corrected chi connectivity index (χ2v) is 8.58. The second kappa shape index (κ2) is 11.7. The third-order valence-corrected chi connectivity index (χ3v) is 5.80. The largest absolute Gasteiger partial charge is 0.497 e. The van der Waals surface area contributed by atoms with Gasteiger partial charge < -0.3 is 19.9 Å². The van der Waals surface area contributed by atoms with Crippen LogP contribution in [0.15, 0.2) is 41.7 Å². The van der Waals surface area contributed by atoms with E-state index in [0.29, 0.717) is 18.5 Å². The number of guanidine groups is 1. The van der Waals surface area contributed by atoms with E-state index in [0.717, 1.165) is 43.7 Å². The molecular weight excluding hydrogens is 388 g/mol. The van der Waals surface area contributed by atoms with Crippen LogP contribution in [0.1, 0.15) is 50.5 Å². The number of hydrogen-bond acceptors (Lipinski definition) is 4. The molecule has 1 aromatic carbocycles. The number of rotatable bonds is 9. The summed E-state index contributed by atoms with van der Waals surface area (Å²) in [6.07, 6.45) is 7.76. The van der Waals surface area contributed by atoms with Crippen molar-refractivity contribution in [1.82, 2.24) is 25.1 Å². The lowest BCUT2D eigenvalue weighted by Gasteiger charge is -2.35. The van der Waals surface area contributed by atoms with Crippen LogP contribution in [-0.4, -0.2) is 54.2 Å². The zero-order chi connectivity index (χ0) is 22.1. The van der Waals surface area contributed by atoms with Gasteiger partial charge in [0.2, 0.25) is 0 Å². The Labute approximate surface area is 186 Å². The van der Waals surface area contributed by atoms with Crippen LogP contribution in [0.4, 0.5) is 0 Å². The van der Waals surface area contributed by atoms with Crippen molar-refractivity contribution in [2.75, 3.05) is 33.8 Å². The van der Waals surface area contributed by atoms with Gasteiger partial charge in [0, 0.05) is 32.5 Å². The number of likely N-dealkylation sites (tertiary alicyclic amines) is 1. The molecule has 1 aromatic heterocycles. The molecule has 1 fully saturated rings. The first kappa shape index (κ1) is 23.1. The van der Waals surface area contributed by atoms with E-state index < -0.39 is 0 Å². The van der Waals surface area contributed by atoms with E-state index in [4.69, 9.17) is 4.74 Å². The van der Waals surface area contributed by atoms with Gasteiger partial charge in [0.05, 0.1) is 19.7 Å². The molecular formula is C24H38N6O. The van der Waals surface area contributed by atoms with Gasteiger partial charge in [-0.2, -0.15) is 0 Å². The minimum absolute atomic E-state index is 0.299. The Balaban J connectivity index is 1.62. The van der Waals surface area contributed by atoms with Crippen molar-refractivity contribution in [2.45, 2.75) is 52.2 Å². The van der Waals surface area contributed by atoms with Crippen LogP contribution in [0, 0.1) is 5.92 Å². The van der Waals surface area contributed by atoms with Gasteiger partial charge in [0.15, 0.2) is 5.96 Å². The number of hydrogen-bond donors (Lipinski definition) is 2. The number of aromatic nitrogens is 2. The Morgan fingerprint density at radius 3 is 2.52 bits per heavy atom. The van der Waals surface area contributed by atoms with Gasteiger partial charge in [-0.3, -0.25) is 9.89 Å². The number of nitrogens with one attached hydrogen (secondary N) is 2. The molecule has 0 aliphatic carbocycles. The normalized spacial score (nSPS) is 16.4. The monoisotopic (exact) mass is 426 g/mol. The summed E-state index contributed by atoms with van der Waals surface area (Å²) in [6, 6.07) is 8.76. The average molecular weight is 427 g/mol. The fourth-order valence-corrected chi connectivity index (χ4v) is 4.16. The van der Waals surface area contributed by atoms with Crippen molar-refractivity contribution in [3.63, 3.8) is 0 Å². The summed E-state index contributed by atoms with van der Waals surface area (Å²) in [5.41, 5.74) is 1.30. The lowest BCUT2D eigenvalue weighted by molar-refractivity contribution is 0.164. The number of imidazole rings is 1. The van der Waals surface area contributed by atoms with Crippen molar-refractivity contribution < 1.29 is 4.74 Å². The fourth-order valence-electron chi connectivity index (χ4n) is 4.16. The highest BCUT2D eigenvalue weighted by Gasteiger charge is 2.22. The van der Waals surface area contributed by atoms with E-state index in [9.17, 15) is 0 Å². The van der Waals surface area contributed by atoms with Gasteiger partial charge in [-0.05, 0) is 49.5 Å². The molecule has 0 bridgehead atoms. The number of aliphatic imine (C=N–C) groups is 1. The molecule has 7 heteroatoms. The summed E-state index contributed by atoms with van der Waals surface area (Å²) in [6.45, 7) is 9.13. The van der Waals surface area contributed by atoms with Crippen molar-refractivity contribution >= 4 is 5.96 Å². The fraction of sp³-hybridized carbons (Fsp3) is 0.583. The molecule has 0 radical (unpaired) electrons. The van der Waals surface area contributed by atoms with E-state index in [2.05, 4.69) is 56.1 Å². The van der Waals surface area contributed by atoms with Gasteiger partial charge in [-0.15, -0.1) is 0 Å². The maximum atomic E-state index is 5.34. The Hall–Kier alpha value is -2.54. The predicted octanol–water partition coefficient (Wildman–Crippen LogP) is 3.44. The summed E-state index contributed by atoms with van der Waals surface area (Å²) in [4.78, 5) is 11.5. The summed E-state index contributed by atoms with van der Waals surface area (Å²) in [5.74, 6) is 3.30. The van der Waals surface area contributed by atoms with Crippen LogP contribution < -0.4 is 15.4 Å². The molecule has 31 heavy (non-hydrogen) atoms. The molecule has 2 aromatic rings. The van der Waals surface area contributed by atoms with Gasteiger partial charge in [0.1, 0.15) is 11.6 Å². The Bertz CT molecular complexity index is 808. The van der Waals surface area contributed by atoms with Crippen LogP contribution in [0.3, 0.4) is 0 Å². The van der Waals surface area contributed by atoms with Crippen LogP contribution >= 0.6 is 0 Å². The van der Waals surface area contributed by atoms with E-state index in [1.807, 2.05) is 31.6 Å². The molecule has 170 valence electrons. The molecule has 1 aliphatic heterocycles. The molecule has 1 saturated heterocycles. The first-order chi connectivity index (χ1) is 15.1. The first-order valence-electron chi connectivity index (χ1n) is 11.4. The van der Waals surface area contributed by atoms with Crippen LogP contribution in [0.2, 0.25) is 0 Å². The lowest BCUT2D eigenvalue weighted by atomic mass is 10.0. The minimum Gasteiger partial charge on any atom is -0.497 e. The molecule has 7 nitrogen and oxygen atoms in total. The zero-order valence-electron chi connectivity index (χ0n) is 19.5. The van der Waals surface area contributed by atoms with Crippen molar-refractivity contribution in [2.24, 2.45) is 10.9 Å². The maximum absolute atomic E-state index is 5.34. The molecule has 1 unspecified atom stereocenters. The molecule has 2 N–H and O–H groups in total. The zero-order valence-corrected chi connectivity index (χ0v) is 19.5. The van der Waals surface area contributed by atoms with Crippen molar-refractivity contribution in [1.29, 1.82) is 0 Å². The Morgan fingerprint density at radius 2 is 1.87 bits per heavy atom. The number of nitrogens with zero attached hydrogens (tertiary/aromatic N) is 4. The smallest absolute Gasteiger partial charge is 0.191 e. The third kappa shape index (κ3) is 6.72. The van der Waals surface area contributed by atoms with Crippen LogP contribution in [0.25, 0.3) is 0 Å². The third-order valence-electron chi connectivity index (χ3n) is 5.80. The highest BCUT2D eigenvalue weighted by atomic mass is 16.5. The topological polar surface area (TPSA) is 66.7 Å². The van der Waals surface area contributed by atoms with Crippen LogP contribution in [0.5, 0.6) is 5.75 Å². The summed E-state index contributed by atoms with van der Waals surface area (Å²) in [7, 11) is 3.53. The molecule has 2 heterocycles. The molecule has 3 rings (SSSR count). The number of benzene rings is 1. The highest BCUT2D eigenvalue weighted by Crippen LogP contribution is 2.25. The molecule has 0 spiro atoms. The standard InChI is InChI=1S/C24H38N6O/c1-19(2)18-30-15-12-26-23(30)17-28-24(25-3)27-16-22(29-13-6-5-7-14-29)20-8-10-21(31-4)11-9-20/h8-12,15,19,22H,5-7,13-14,16-18H2,1-4H3,(H2,25,27,28). The van der Waals surface area contributed by atoms with E-state index in [1.54, 1.807) is 7.11 Å². The SMILES string of the molecule is CN=C(NCc1nccn1CC(C)C)NCC(c1ccc(OC)cc1)N1CCCCC1. The minimum atomic E-state index is 0.299. The average Bonchev–Trinajstić information content (AvgIpc) is 3.23. The molecule has 1 atom stereocenters. The Kier molecular flexibility index (Phi) is 8.76. The second-order valence-electron chi connectivity index (χ2n) is 8.58. The highest BCUT2D eigenvalue weighted by molar-refractivity contribution is 5.79. The van der Waals surface area contributed by atoms with E-state index >= 15 is 0 Å². The lowest BCUT2D eigenvalue weighted by Crippen LogP contribution is -2.44. The quantitative estimate of drug-likeness (QED) is 0.475. The molecule has 0 amide bonds. The van der Waals surface area contributed by atoms with Gasteiger partial charge in [0.25, 0.3) is 0 Å². The van der Waals surface area contributed by atoms with E-state index in [-0.39, 0.29) is 0 Å². The number of methoxy groups -OCH3 is 1. The first-order valence-corrected chi connectivity index (χ1v) is 11.4. The Morgan fingerprint density at radius 1 is 1.13 bits per heavy atom. The number of piperidine rings is 1. The van der Waals surface area contributed by atoms with Gasteiger partial charge in [-0.25, -0.2) is 4.98 Å². The molecule has 1 aliphatic rings. The summed E-state index contributed by atoms with van der Waals surface area (Å²) in [5, 5.41) is 6.98. The van der Waals surface area contributed by atoms with Crippen LogP contribution in [-0.2, 0) is 13.1 Å². The van der Waals surface area contributed by atoms with Crippen molar-refractivity contribution in [3.05, 3.63) is 48.0 Å². The summed E-state index contributed by atoms with van der Waals surface area (Å²) >= 11 is 0. The van der Waals surface area contributed by atoms with Gasteiger partial charge in [-0.1, -0.05) is 32.4 Å². The van der Waals surface area contributed by atoms with E-state index in [1.165, 1.54) is 24.8 Å². The van der Waals surface area contributed by atoms with Crippen molar-refractivity contribution in [3.8, 4) is 5.75 Å². The van der Waals surface area contributed by atoms with Gasteiger partial charge >= 0.3 is 0 Å².